The lowest BCUT2D eigenvalue weighted by Crippen LogP contribution is -2.46. The van der Waals surface area contributed by atoms with E-state index in [9.17, 15) is 8.78 Å². The fourth-order valence-corrected chi connectivity index (χ4v) is 3.66. The van der Waals surface area contributed by atoms with Crippen LogP contribution in [0.5, 0.6) is 0 Å². The Hall–Kier alpha value is -0.0400. The Bertz CT molecular complexity index is 339. The minimum atomic E-state index is -2.34. The molecule has 0 radical (unpaired) electrons. The van der Waals surface area contributed by atoms with Crippen LogP contribution in [0, 0.1) is 0 Å². The Balaban J connectivity index is 2.19. The van der Waals surface area contributed by atoms with Gasteiger partial charge < -0.3 is 5.32 Å². The lowest BCUT2D eigenvalue weighted by atomic mass is 10.2. The van der Waals surface area contributed by atoms with E-state index < -0.39 is 12.5 Å². The number of nitrogens with one attached hydrogen (secondary N) is 1. The number of alkyl halides is 2. The molecule has 0 aromatic carbocycles. The number of piperazine rings is 1. The highest BCUT2D eigenvalue weighted by Gasteiger charge is 2.32. The molecule has 1 aromatic heterocycles. The summed E-state index contributed by atoms with van der Waals surface area (Å²) < 4.78 is 27.1. The van der Waals surface area contributed by atoms with Crippen molar-refractivity contribution in [2.24, 2.45) is 0 Å². The molecular formula is C10H13BrF2N2S. The molecule has 2 nitrogen and oxygen atoms in total. The van der Waals surface area contributed by atoms with Gasteiger partial charge in [0.1, 0.15) is 6.04 Å². The summed E-state index contributed by atoms with van der Waals surface area (Å²) in [7, 11) is 0. The molecule has 0 bridgehead atoms. The third-order valence-corrected chi connectivity index (χ3v) is 4.64. The van der Waals surface area contributed by atoms with Crippen LogP contribution >= 0.6 is 27.3 Å². The highest BCUT2D eigenvalue weighted by atomic mass is 79.9. The minimum absolute atomic E-state index is 0.680. The van der Waals surface area contributed by atoms with Gasteiger partial charge in [0.25, 0.3) is 6.43 Å². The molecule has 1 fully saturated rings. The second-order valence-electron chi connectivity index (χ2n) is 3.70. The Morgan fingerprint density at radius 1 is 1.38 bits per heavy atom. The summed E-state index contributed by atoms with van der Waals surface area (Å²) in [6.45, 7) is 2.93. The lowest BCUT2D eigenvalue weighted by molar-refractivity contribution is 0.0196. The van der Waals surface area contributed by atoms with Crippen LogP contribution in [0.3, 0.4) is 0 Å². The predicted molar refractivity (Wildman–Crippen MR) is 65.2 cm³/mol. The Kier molecular flexibility index (Phi) is 4.29. The van der Waals surface area contributed by atoms with Gasteiger partial charge in [0.05, 0.1) is 0 Å². The molecule has 1 aliphatic heterocycles. The minimum Gasteiger partial charge on any atom is -0.314 e. The molecule has 1 N–H and O–H groups in total. The summed E-state index contributed by atoms with van der Waals surface area (Å²) in [4.78, 5) is 2.59. The maximum Gasteiger partial charge on any atom is 0.258 e. The maximum atomic E-state index is 13.2. The van der Waals surface area contributed by atoms with E-state index in [0.29, 0.717) is 13.1 Å². The van der Waals surface area contributed by atoms with E-state index in [1.54, 1.807) is 0 Å². The third kappa shape index (κ3) is 2.61. The van der Waals surface area contributed by atoms with Crippen molar-refractivity contribution in [1.82, 2.24) is 10.2 Å². The average Bonchev–Trinajstić information content (AvgIpc) is 2.66. The van der Waals surface area contributed by atoms with Crippen LogP contribution in [-0.4, -0.2) is 37.5 Å². The molecule has 0 saturated carbocycles. The van der Waals surface area contributed by atoms with E-state index in [2.05, 4.69) is 21.2 Å². The molecule has 0 unspecified atom stereocenters. The van der Waals surface area contributed by atoms with Gasteiger partial charge in [0.15, 0.2) is 0 Å². The molecule has 0 amide bonds. The summed E-state index contributed by atoms with van der Waals surface area (Å²) in [5, 5.41) is 5.02. The van der Waals surface area contributed by atoms with Crippen LogP contribution < -0.4 is 5.32 Å². The standard InChI is InChI=1S/C10H13BrF2N2S/c11-7-1-6-16-9(7)8(10(12)13)15-4-2-14-3-5-15/h1,6,8,10,14H,2-5H2/t8-/m0/s1. The molecule has 1 aliphatic rings. The fraction of sp³-hybridized carbons (Fsp3) is 0.600. The second kappa shape index (κ2) is 5.53. The first-order chi connectivity index (χ1) is 7.70. The van der Waals surface area contributed by atoms with Crippen molar-refractivity contribution < 1.29 is 8.78 Å². The normalized spacial score (nSPS) is 20.2. The SMILES string of the molecule is FC(F)[C@H](c1sccc1Br)N1CCNCC1. The molecule has 16 heavy (non-hydrogen) atoms. The lowest BCUT2D eigenvalue weighted by Gasteiger charge is -2.34. The number of hydrogen-bond acceptors (Lipinski definition) is 3. The van der Waals surface area contributed by atoms with E-state index >= 15 is 0 Å². The predicted octanol–water partition coefficient (Wildman–Crippen LogP) is 2.72. The van der Waals surface area contributed by atoms with Crippen LogP contribution in [0.1, 0.15) is 10.9 Å². The number of halogens is 3. The van der Waals surface area contributed by atoms with Gasteiger partial charge in [-0.25, -0.2) is 8.78 Å². The number of nitrogens with zero attached hydrogens (tertiary/aromatic N) is 1. The molecule has 1 saturated heterocycles. The van der Waals surface area contributed by atoms with E-state index in [1.165, 1.54) is 11.3 Å². The molecule has 0 aliphatic carbocycles. The third-order valence-electron chi connectivity index (χ3n) is 2.70. The quantitative estimate of drug-likeness (QED) is 0.923. The smallest absolute Gasteiger partial charge is 0.258 e. The van der Waals surface area contributed by atoms with Crippen molar-refractivity contribution in [2.45, 2.75) is 12.5 Å². The largest absolute Gasteiger partial charge is 0.314 e. The summed E-state index contributed by atoms with van der Waals surface area (Å²) in [5.74, 6) is 0. The van der Waals surface area contributed by atoms with Crippen molar-refractivity contribution in [2.75, 3.05) is 26.2 Å². The van der Waals surface area contributed by atoms with Crippen LogP contribution in [0.25, 0.3) is 0 Å². The van der Waals surface area contributed by atoms with Gasteiger partial charge in [-0.2, -0.15) is 0 Å². The van der Waals surface area contributed by atoms with E-state index in [1.807, 2.05) is 16.3 Å². The summed E-state index contributed by atoms with van der Waals surface area (Å²) in [6.07, 6.45) is -2.34. The topological polar surface area (TPSA) is 15.3 Å². The zero-order valence-electron chi connectivity index (χ0n) is 8.63. The van der Waals surface area contributed by atoms with Crippen LogP contribution in [-0.2, 0) is 0 Å². The highest BCUT2D eigenvalue weighted by Crippen LogP contribution is 2.36. The second-order valence-corrected chi connectivity index (χ2v) is 5.50. The molecule has 2 heterocycles. The van der Waals surface area contributed by atoms with Crippen LogP contribution in [0.4, 0.5) is 8.78 Å². The van der Waals surface area contributed by atoms with Crippen molar-refractivity contribution >= 4 is 27.3 Å². The molecule has 6 heteroatoms. The van der Waals surface area contributed by atoms with E-state index in [-0.39, 0.29) is 0 Å². The first-order valence-corrected chi connectivity index (χ1v) is 6.83. The van der Waals surface area contributed by atoms with Gasteiger partial charge in [0, 0.05) is 35.5 Å². The molecule has 0 spiro atoms. The van der Waals surface area contributed by atoms with Crippen molar-refractivity contribution in [3.63, 3.8) is 0 Å². The van der Waals surface area contributed by atoms with Gasteiger partial charge in [-0.05, 0) is 27.4 Å². The van der Waals surface area contributed by atoms with Gasteiger partial charge in [-0.1, -0.05) is 0 Å². The first kappa shape index (κ1) is 12.4. The van der Waals surface area contributed by atoms with E-state index in [0.717, 1.165) is 22.4 Å². The van der Waals surface area contributed by atoms with Crippen molar-refractivity contribution in [3.8, 4) is 0 Å². The molecule has 2 rings (SSSR count). The number of thiophene rings is 1. The van der Waals surface area contributed by atoms with Crippen molar-refractivity contribution in [1.29, 1.82) is 0 Å². The monoisotopic (exact) mass is 310 g/mol. The summed E-state index contributed by atoms with van der Waals surface area (Å²) in [5.41, 5.74) is 0. The van der Waals surface area contributed by atoms with Gasteiger partial charge >= 0.3 is 0 Å². The van der Waals surface area contributed by atoms with Crippen LogP contribution in [0.15, 0.2) is 15.9 Å². The maximum absolute atomic E-state index is 13.2. The zero-order valence-corrected chi connectivity index (χ0v) is 11.0. The first-order valence-electron chi connectivity index (χ1n) is 5.16. The Morgan fingerprint density at radius 2 is 2.06 bits per heavy atom. The zero-order chi connectivity index (χ0) is 11.5. The van der Waals surface area contributed by atoms with Gasteiger partial charge in [0.2, 0.25) is 0 Å². The highest BCUT2D eigenvalue weighted by molar-refractivity contribution is 9.10. The van der Waals surface area contributed by atoms with E-state index in [4.69, 9.17) is 0 Å². The van der Waals surface area contributed by atoms with Gasteiger partial charge in [-0.3, -0.25) is 4.90 Å². The fourth-order valence-electron chi connectivity index (χ4n) is 1.92. The molecular weight excluding hydrogens is 298 g/mol. The summed E-state index contributed by atoms with van der Waals surface area (Å²) in [6, 6.07) is 1.06. The van der Waals surface area contributed by atoms with Crippen LogP contribution in [0.2, 0.25) is 0 Å². The van der Waals surface area contributed by atoms with Gasteiger partial charge in [-0.15, -0.1) is 11.3 Å². The number of hydrogen-bond donors (Lipinski definition) is 1. The summed E-state index contributed by atoms with van der Waals surface area (Å²) >= 11 is 4.73. The average molecular weight is 311 g/mol. The van der Waals surface area contributed by atoms with Crippen molar-refractivity contribution in [3.05, 3.63) is 20.8 Å². The molecule has 1 aromatic rings. The Labute approximate surface area is 106 Å². The molecule has 1 atom stereocenters. The number of rotatable bonds is 3. The Morgan fingerprint density at radius 3 is 2.56 bits per heavy atom. The molecule has 90 valence electrons.